The van der Waals surface area contributed by atoms with Crippen LogP contribution >= 0.6 is 0 Å². The average molecular weight is 383 g/mol. The maximum Gasteiger partial charge on any atom is 0.126 e. The monoisotopic (exact) mass is 383 g/mol. The molecule has 0 atom stereocenters. The summed E-state index contributed by atoms with van der Waals surface area (Å²) >= 11 is 0. The smallest absolute Gasteiger partial charge is 0.126 e. The van der Waals surface area contributed by atoms with Gasteiger partial charge >= 0.3 is 0 Å². The maximum absolute atomic E-state index is 5.37. The van der Waals surface area contributed by atoms with Crippen molar-refractivity contribution in [2.45, 2.75) is 13.0 Å². The van der Waals surface area contributed by atoms with Crippen LogP contribution < -0.4 is 0 Å². The first-order valence-electron chi connectivity index (χ1n) is 10.2. The summed E-state index contributed by atoms with van der Waals surface area (Å²) in [4.78, 5) is 2.60. The first-order valence-corrected chi connectivity index (χ1v) is 10.2. The lowest BCUT2D eigenvalue weighted by Gasteiger charge is -2.37. The molecule has 1 aliphatic heterocycles. The lowest BCUT2D eigenvalue weighted by Crippen LogP contribution is -2.45. The summed E-state index contributed by atoms with van der Waals surface area (Å²) in [7, 11) is 0. The van der Waals surface area contributed by atoms with Crippen LogP contribution in [0, 0.1) is 0 Å². The van der Waals surface area contributed by atoms with E-state index in [-0.39, 0.29) is 0 Å². The Bertz CT molecular complexity index is 998. The van der Waals surface area contributed by atoms with Crippen LogP contribution in [-0.4, -0.2) is 42.3 Å². The average Bonchev–Trinajstić information content (AvgIpc) is 3.38. The molecule has 1 aliphatic carbocycles. The van der Waals surface area contributed by atoms with E-state index in [0.29, 0.717) is 6.04 Å². The molecule has 5 rings (SSSR count). The molecule has 4 nitrogen and oxygen atoms in total. The van der Waals surface area contributed by atoms with E-state index in [1.165, 1.54) is 22.3 Å². The molecule has 0 amide bonds. The highest BCUT2D eigenvalue weighted by Crippen LogP contribution is 2.46. The standard InChI is InChI=1S/C25H25N3O/c1-19(17-20-7-6-16-29-20)18-26-28-14-12-27(13-15-28)25-23-10-4-2-8-21(23)22-9-3-5-11-24(22)25/h2-11,16-18,25H,12-15H2,1H3/b19-17+,26-18+. The number of nitrogens with zero attached hydrogens (tertiary/aromatic N) is 3. The van der Waals surface area contributed by atoms with E-state index in [1.807, 2.05) is 24.4 Å². The Kier molecular flexibility index (Phi) is 4.78. The molecule has 1 fully saturated rings. The van der Waals surface area contributed by atoms with Gasteiger partial charge in [-0.1, -0.05) is 48.5 Å². The van der Waals surface area contributed by atoms with Gasteiger partial charge in [-0.25, -0.2) is 0 Å². The van der Waals surface area contributed by atoms with Gasteiger partial charge in [0.1, 0.15) is 5.76 Å². The van der Waals surface area contributed by atoms with Gasteiger partial charge in [0.05, 0.1) is 18.5 Å². The maximum atomic E-state index is 5.37. The van der Waals surface area contributed by atoms with Crippen LogP contribution in [0.5, 0.6) is 0 Å². The van der Waals surface area contributed by atoms with E-state index in [4.69, 9.17) is 4.42 Å². The fourth-order valence-electron chi connectivity index (χ4n) is 4.42. The highest BCUT2D eigenvalue weighted by molar-refractivity contribution is 5.84. The largest absolute Gasteiger partial charge is 0.465 e. The second kappa shape index (κ2) is 7.72. The number of hydrazone groups is 1. The Labute approximate surface area is 171 Å². The molecule has 1 saturated heterocycles. The molecule has 2 aromatic carbocycles. The minimum atomic E-state index is 0.356. The molecule has 0 radical (unpaired) electrons. The first kappa shape index (κ1) is 18.0. The Morgan fingerprint density at radius 3 is 2.17 bits per heavy atom. The Hall–Kier alpha value is -3.11. The lowest BCUT2D eigenvalue weighted by molar-refractivity contribution is 0.114. The van der Waals surface area contributed by atoms with E-state index in [1.54, 1.807) is 6.26 Å². The van der Waals surface area contributed by atoms with Gasteiger partial charge < -0.3 is 4.42 Å². The molecule has 2 aliphatic rings. The highest BCUT2D eigenvalue weighted by atomic mass is 16.3. The molecule has 2 heterocycles. The highest BCUT2D eigenvalue weighted by Gasteiger charge is 2.33. The van der Waals surface area contributed by atoms with Crippen LogP contribution in [0.4, 0.5) is 0 Å². The fourth-order valence-corrected chi connectivity index (χ4v) is 4.42. The molecule has 0 saturated carbocycles. The number of allylic oxidation sites excluding steroid dienone is 1. The zero-order chi connectivity index (χ0) is 19.6. The third-order valence-electron chi connectivity index (χ3n) is 5.79. The number of hydrogen-bond acceptors (Lipinski definition) is 4. The summed E-state index contributed by atoms with van der Waals surface area (Å²) in [5, 5.41) is 6.85. The first-order chi connectivity index (χ1) is 14.3. The Balaban J connectivity index is 1.28. The van der Waals surface area contributed by atoms with Gasteiger partial charge in [0.2, 0.25) is 0 Å². The molecule has 3 aromatic rings. The predicted molar refractivity (Wildman–Crippen MR) is 118 cm³/mol. The van der Waals surface area contributed by atoms with Crippen molar-refractivity contribution in [1.82, 2.24) is 9.91 Å². The van der Waals surface area contributed by atoms with Crippen LogP contribution in [0.15, 0.2) is 82.0 Å². The van der Waals surface area contributed by atoms with E-state index in [2.05, 4.69) is 70.5 Å². The zero-order valence-corrected chi connectivity index (χ0v) is 16.7. The second-order valence-electron chi connectivity index (χ2n) is 7.72. The van der Waals surface area contributed by atoms with E-state index in [0.717, 1.165) is 37.5 Å². The minimum absolute atomic E-state index is 0.356. The summed E-state index contributed by atoms with van der Waals surface area (Å²) in [6.45, 7) is 5.93. The SMILES string of the molecule is CC(/C=N/N1CCN(C2c3ccccc3-c3ccccc32)CC1)=C\c1ccco1. The molecular formula is C25H25N3O. The number of benzene rings is 2. The number of rotatable bonds is 4. The van der Waals surface area contributed by atoms with Crippen LogP contribution in [0.3, 0.4) is 0 Å². The number of fused-ring (bicyclic) bond motifs is 3. The van der Waals surface area contributed by atoms with Gasteiger partial charge in [-0.15, -0.1) is 0 Å². The molecule has 0 unspecified atom stereocenters. The van der Waals surface area contributed by atoms with Gasteiger partial charge in [0.25, 0.3) is 0 Å². The Morgan fingerprint density at radius 1 is 0.897 bits per heavy atom. The number of hydrogen-bond donors (Lipinski definition) is 0. The predicted octanol–water partition coefficient (Wildman–Crippen LogP) is 5.06. The molecule has 0 N–H and O–H groups in total. The molecular weight excluding hydrogens is 358 g/mol. The van der Waals surface area contributed by atoms with Crippen molar-refractivity contribution in [1.29, 1.82) is 0 Å². The van der Waals surface area contributed by atoms with Crippen molar-refractivity contribution >= 4 is 12.3 Å². The van der Waals surface area contributed by atoms with Crippen LogP contribution in [0.1, 0.15) is 29.9 Å². The molecule has 0 spiro atoms. The summed E-state index contributed by atoms with van der Waals surface area (Å²) < 4.78 is 5.37. The topological polar surface area (TPSA) is 32.0 Å². The van der Waals surface area contributed by atoms with Gasteiger partial charge in [0.15, 0.2) is 0 Å². The minimum Gasteiger partial charge on any atom is -0.465 e. The van der Waals surface area contributed by atoms with Crippen LogP contribution in [-0.2, 0) is 0 Å². The van der Waals surface area contributed by atoms with Crippen molar-refractivity contribution in [3.8, 4) is 11.1 Å². The van der Waals surface area contributed by atoms with E-state index in [9.17, 15) is 0 Å². The second-order valence-corrected chi connectivity index (χ2v) is 7.72. The third-order valence-corrected chi connectivity index (χ3v) is 5.79. The van der Waals surface area contributed by atoms with Crippen molar-refractivity contribution in [2.75, 3.05) is 26.2 Å². The molecule has 1 aromatic heterocycles. The quantitative estimate of drug-likeness (QED) is 0.591. The lowest BCUT2D eigenvalue weighted by atomic mass is 10.0. The Morgan fingerprint density at radius 2 is 1.55 bits per heavy atom. The van der Waals surface area contributed by atoms with Gasteiger partial charge in [0, 0.05) is 26.2 Å². The summed E-state index contributed by atoms with van der Waals surface area (Å²) in [6.07, 6.45) is 5.62. The van der Waals surface area contributed by atoms with E-state index < -0.39 is 0 Å². The normalized spacial score (nSPS) is 17.7. The van der Waals surface area contributed by atoms with Gasteiger partial charge in [-0.2, -0.15) is 5.10 Å². The zero-order valence-electron chi connectivity index (χ0n) is 16.7. The summed E-state index contributed by atoms with van der Waals surface area (Å²) in [6, 6.07) is 21.9. The molecule has 0 bridgehead atoms. The number of furan rings is 1. The molecule has 4 heteroatoms. The van der Waals surface area contributed by atoms with Crippen molar-refractivity contribution in [3.63, 3.8) is 0 Å². The molecule has 29 heavy (non-hydrogen) atoms. The van der Waals surface area contributed by atoms with Crippen molar-refractivity contribution < 1.29 is 4.42 Å². The van der Waals surface area contributed by atoms with E-state index >= 15 is 0 Å². The van der Waals surface area contributed by atoms with Crippen molar-refractivity contribution in [3.05, 3.63) is 89.4 Å². The summed E-state index contributed by atoms with van der Waals surface area (Å²) in [5.41, 5.74) is 6.71. The molecule has 146 valence electrons. The van der Waals surface area contributed by atoms with Crippen molar-refractivity contribution in [2.24, 2.45) is 5.10 Å². The van der Waals surface area contributed by atoms with Crippen LogP contribution in [0.25, 0.3) is 17.2 Å². The van der Waals surface area contributed by atoms with Crippen LogP contribution in [0.2, 0.25) is 0 Å². The fraction of sp³-hybridized carbons (Fsp3) is 0.240. The third kappa shape index (κ3) is 3.52. The summed E-state index contributed by atoms with van der Waals surface area (Å²) in [5.74, 6) is 0.859. The number of piperazine rings is 1. The van der Waals surface area contributed by atoms with Gasteiger partial charge in [-0.05, 0) is 53.0 Å². The van der Waals surface area contributed by atoms with Gasteiger partial charge in [-0.3, -0.25) is 9.91 Å².